The number of anilines is 1. The monoisotopic (exact) mass is 193 g/mol. The highest BCUT2D eigenvalue weighted by Gasteiger charge is 2.10. The van der Waals surface area contributed by atoms with E-state index in [1.165, 1.54) is 0 Å². The zero-order valence-electron chi connectivity index (χ0n) is 8.45. The van der Waals surface area contributed by atoms with Gasteiger partial charge in [-0.05, 0) is 36.1 Å². The van der Waals surface area contributed by atoms with E-state index in [1.54, 1.807) is 0 Å². The molecule has 3 nitrogen and oxygen atoms in total. The van der Waals surface area contributed by atoms with Crippen LogP contribution in [0.4, 0.5) is 5.69 Å². The summed E-state index contributed by atoms with van der Waals surface area (Å²) in [5, 5.41) is 8.65. The summed E-state index contributed by atoms with van der Waals surface area (Å²) in [6.45, 7) is 3.84. The summed E-state index contributed by atoms with van der Waals surface area (Å²) in [5.41, 5.74) is 8.43. The van der Waals surface area contributed by atoms with Crippen molar-refractivity contribution in [3.05, 3.63) is 29.3 Å². The first-order chi connectivity index (χ1) is 6.49. The van der Waals surface area contributed by atoms with Crippen LogP contribution in [-0.4, -0.2) is 11.1 Å². The molecule has 3 N–H and O–H groups in total. The fourth-order valence-corrected chi connectivity index (χ4v) is 1.51. The fraction of sp³-hybridized carbons (Fsp3) is 0.364. The van der Waals surface area contributed by atoms with Crippen LogP contribution in [0.15, 0.2) is 18.2 Å². The Hall–Kier alpha value is -1.51. The van der Waals surface area contributed by atoms with Crippen molar-refractivity contribution in [1.82, 2.24) is 0 Å². The lowest BCUT2D eigenvalue weighted by Gasteiger charge is -2.10. The van der Waals surface area contributed by atoms with E-state index in [9.17, 15) is 4.79 Å². The molecule has 0 bridgehead atoms. The number of carbonyl (C=O) groups is 1. The molecule has 0 aromatic heterocycles. The Labute approximate surface area is 83.6 Å². The van der Waals surface area contributed by atoms with Gasteiger partial charge in [0.05, 0.1) is 6.42 Å². The lowest BCUT2D eigenvalue weighted by atomic mass is 9.96. The number of aryl methyl sites for hydroxylation is 1. The number of nitrogens with two attached hydrogens (primary N) is 1. The van der Waals surface area contributed by atoms with E-state index in [-0.39, 0.29) is 12.3 Å². The Morgan fingerprint density at radius 1 is 1.50 bits per heavy atom. The van der Waals surface area contributed by atoms with Gasteiger partial charge < -0.3 is 10.8 Å². The second-order valence-corrected chi connectivity index (χ2v) is 3.68. The van der Waals surface area contributed by atoms with Crippen molar-refractivity contribution in [3.8, 4) is 0 Å². The second kappa shape index (κ2) is 4.13. The van der Waals surface area contributed by atoms with Gasteiger partial charge in [0.15, 0.2) is 0 Å². The first kappa shape index (κ1) is 10.6. The lowest BCUT2D eigenvalue weighted by Crippen LogP contribution is -2.03. The number of hydrogen-bond acceptors (Lipinski definition) is 2. The third-order valence-corrected chi connectivity index (χ3v) is 2.17. The molecule has 1 atom stereocenters. The number of hydrogen-bond donors (Lipinski definition) is 2. The molecule has 0 aliphatic rings. The van der Waals surface area contributed by atoms with E-state index in [4.69, 9.17) is 10.8 Å². The van der Waals surface area contributed by atoms with Gasteiger partial charge in [0.2, 0.25) is 0 Å². The number of aliphatic carboxylic acids is 1. The molecular formula is C11H15NO2. The number of rotatable bonds is 3. The molecule has 1 rings (SSSR count). The normalized spacial score (nSPS) is 12.4. The molecule has 0 saturated heterocycles. The summed E-state index contributed by atoms with van der Waals surface area (Å²) < 4.78 is 0. The van der Waals surface area contributed by atoms with Gasteiger partial charge in [-0.15, -0.1) is 0 Å². The lowest BCUT2D eigenvalue weighted by molar-refractivity contribution is -0.137. The molecule has 0 aliphatic carbocycles. The molecule has 1 aromatic carbocycles. The summed E-state index contributed by atoms with van der Waals surface area (Å²) in [6, 6.07) is 5.68. The third-order valence-electron chi connectivity index (χ3n) is 2.17. The zero-order chi connectivity index (χ0) is 10.7. The molecule has 1 unspecified atom stereocenters. The predicted octanol–water partition coefficient (Wildman–Crippen LogP) is 2.16. The molecule has 0 radical (unpaired) electrons. The average molecular weight is 193 g/mol. The molecule has 0 aliphatic heterocycles. The summed E-state index contributed by atoms with van der Waals surface area (Å²) in [6.07, 6.45) is 0.142. The summed E-state index contributed by atoms with van der Waals surface area (Å²) in [4.78, 5) is 10.5. The van der Waals surface area contributed by atoms with Crippen molar-refractivity contribution >= 4 is 11.7 Å². The van der Waals surface area contributed by atoms with E-state index in [1.807, 2.05) is 32.0 Å². The SMILES string of the molecule is Cc1cc(N)cc(C(C)CC(=O)O)c1. The molecular weight excluding hydrogens is 178 g/mol. The van der Waals surface area contributed by atoms with E-state index in [0.717, 1.165) is 11.1 Å². The van der Waals surface area contributed by atoms with Crippen LogP contribution in [0.2, 0.25) is 0 Å². The molecule has 0 fully saturated rings. The van der Waals surface area contributed by atoms with Gasteiger partial charge in [0.1, 0.15) is 0 Å². The van der Waals surface area contributed by atoms with Crippen LogP contribution in [0.25, 0.3) is 0 Å². The van der Waals surface area contributed by atoms with Crippen molar-refractivity contribution in [1.29, 1.82) is 0 Å². The summed E-state index contributed by atoms with van der Waals surface area (Å²) in [5.74, 6) is -0.771. The maximum absolute atomic E-state index is 10.5. The molecule has 1 aromatic rings. The first-order valence-electron chi connectivity index (χ1n) is 4.58. The highest BCUT2D eigenvalue weighted by molar-refractivity contribution is 5.68. The van der Waals surface area contributed by atoms with Crippen molar-refractivity contribution in [3.63, 3.8) is 0 Å². The van der Waals surface area contributed by atoms with Crippen LogP contribution in [0, 0.1) is 6.92 Å². The maximum atomic E-state index is 10.5. The highest BCUT2D eigenvalue weighted by Crippen LogP contribution is 2.22. The molecule has 0 amide bonds. The van der Waals surface area contributed by atoms with Gasteiger partial charge in [-0.3, -0.25) is 4.79 Å². The Morgan fingerprint density at radius 3 is 2.64 bits per heavy atom. The van der Waals surface area contributed by atoms with Gasteiger partial charge in [-0.2, -0.15) is 0 Å². The van der Waals surface area contributed by atoms with E-state index >= 15 is 0 Å². The molecule has 3 heteroatoms. The first-order valence-corrected chi connectivity index (χ1v) is 4.58. The topological polar surface area (TPSA) is 63.3 Å². The maximum Gasteiger partial charge on any atom is 0.303 e. The van der Waals surface area contributed by atoms with E-state index < -0.39 is 5.97 Å². The number of carboxylic acid groups (broad SMARTS) is 1. The van der Waals surface area contributed by atoms with Gasteiger partial charge >= 0.3 is 5.97 Å². The van der Waals surface area contributed by atoms with Crippen LogP contribution < -0.4 is 5.73 Å². The van der Waals surface area contributed by atoms with Crippen LogP contribution in [-0.2, 0) is 4.79 Å². The predicted molar refractivity (Wildman–Crippen MR) is 56.3 cm³/mol. The average Bonchev–Trinajstić information content (AvgIpc) is 2.00. The minimum Gasteiger partial charge on any atom is -0.481 e. The number of carboxylic acids is 1. The largest absolute Gasteiger partial charge is 0.481 e. The Morgan fingerprint density at radius 2 is 2.14 bits per heavy atom. The van der Waals surface area contributed by atoms with Crippen molar-refractivity contribution in [2.75, 3.05) is 5.73 Å². The summed E-state index contributed by atoms with van der Waals surface area (Å²) >= 11 is 0. The molecule has 14 heavy (non-hydrogen) atoms. The zero-order valence-corrected chi connectivity index (χ0v) is 8.45. The standard InChI is InChI=1S/C11H15NO2/c1-7-3-9(6-10(12)4-7)8(2)5-11(13)14/h3-4,6,8H,5,12H2,1-2H3,(H,13,14). The summed E-state index contributed by atoms with van der Waals surface area (Å²) in [7, 11) is 0. The smallest absolute Gasteiger partial charge is 0.303 e. The minimum absolute atomic E-state index is 0.00898. The Balaban J connectivity index is 2.89. The quantitative estimate of drug-likeness (QED) is 0.723. The van der Waals surface area contributed by atoms with Gasteiger partial charge in [-0.1, -0.05) is 13.0 Å². The second-order valence-electron chi connectivity index (χ2n) is 3.68. The van der Waals surface area contributed by atoms with Crippen LogP contribution in [0.1, 0.15) is 30.4 Å². The van der Waals surface area contributed by atoms with Crippen LogP contribution in [0.5, 0.6) is 0 Å². The minimum atomic E-state index is -0.780. The number of nitrogen functional groups attached to an aromatic ring is 1. The number of benzene rings is 1. The van der Waals surface area contributed by atoms with Crippen molar-refractivity contribution in [2.45, 2.75) is 26.2 Å². The van der Waals surface area contributed by atoms with Crippen LogP contribution >= 0.6 is 0 Å². The highest BCUT2D eigenvalue weighted by atomic mass is 16.4. The van der Waals surface area contributed by atoms with Gasteiger partial charge in [-0.25, -0.2) is 0 Å². The Kier molecular flexibility index (Phi) is 3.12. The van der Waals surface area contributed by atoms with Gasteiger partial charge in [0, 0.05) is 5.69 Å². The molecule has 0 heterocycles. The fourth-order valence-electron chi connectivity index (χ4n) is 1.51. The van der Waals surface area contributed by atoms with Gasteiger partial charge in [0.25, 0.3) is 0 Å². The van der Waals surface area contributed by atoms with E-state index in [2.05, 4.69) is 0 Å². The molecule has 76 valence electrons. The van der Waals surface area contributed by atoms with Crippen molar-refractivity contribution in [2.24, 2.45) is 0 Å². The van der Waals surface area contributed by atoms with E-state index in [0.29, 0.717) is 5.69 Å². The van der Waals surface area contributed by atoms with Crippen molar-refractivity contribution < 1.29 is 9.90 Å². The molecule has 0 spiro atoms. The molecule has 0 saturated carbocycles. The Bertz CT molecular complexity index is 327. The third kappa shape index (κ3) is 2.76. The van der Waals surface area contributed by atoms with Crippen LogP contribution in [0.3, 0.4) is 0 Å².